The highest BCUT2D eigenvalue weighted by molar-refractivity contribution is 5.69. The van der Waals surface area contributed by atoms with Crippen LogP contribution in [0.3, 0.4) is 0 Å². The predicted octanol–water partition coefficient (Wildman–Crippen LogP) is 2.46. The lowest BCUT2D eigenvalue weighted by atomic mass is 10.0. The lowest BCUT2D eigenvalue weighted by Gasteiger charge is -2.26. The SMILES string of the molecule is CCC(c1ccc(C)cc1)N(C)CC(=O)O. The topological polar surface area (TPSA) is 40.5 Å². The van der Waals surface area contributed by atoms with Crippen LogP contribution in [0.4, 0.5) is 0 Å². The van der Waals surface area contributed by atoms with Gasteiger partial charge in [0.15, 0.2) is 0 Å². The van der Waals surface area contributed by atoms with Crippen molar-refractivity contribution < 1.29 is 9.90 Å². The molecule has 0 spiro atoms. The normalized spacial score (nSPS) is 12.8. The number of carbonyl (C=O) groups is 1. The summed E-state index contributed by atoms with van der Waals surface area (Å²) >= 11 is 0. The van der Waals surface area contributed by atoms with E-state index in [1.165, 1.54) is 11.1 Å². The lowest BCUT2D eigenvalue weighted by Crippen LogP contribution is -2.29. The standard InChI is InChI=1S/C13H19NO2/c1-4-12(14(3)9-13(15)16)11-7-5-10(2)6-8-11/h5-8,12H,4,9H2,1-3H3,(H,15,16). The molecule has 1 unspecified atom stereocenters. The molecule has 3 nitrogen and oxygen atoms in total. The van der Waals surface area contributed by atoms with Crippen molar-refractivity contribution in [1.82, 2.24) is 4.90 Å². The van der Waals surface area contributed by atoms with Crippen molar-refractivity contribution in [3.63, 3.8) is 0 Å². The molecular weight excluding hydrogens is 202 g/mol. The van der Waals surface area contributed by atoms with E-state index in [0.717, 1.165) is 6.42 Å². The Kier molecular flexibility index (Phi) is 4.50. The van der Waals surface area contributed by atoms with Gasteiger partial charge in [-0.3, -0.25) is 9.69 Å². The van der Waals surface area contributed by atoms with Crippen molar-refractivity contribution >= 4 is 5.97 Å². The number of likely N-dealkylation sites (N-methyl/N-ethyl adjacent to an activating group) is 1. The van der Waals surface area contributed by atoms with Gasteiger partial charge in [-0.25, -0.2) is 0 Å². The van der Waals surface area contributed by atoms with Gasteiger partial charge in [-0.15, -0.1) is 0 Å². The number of hydrogen-bond donors (Lipinski definition) is 1. The fraction of sp³-hybridized carbons (Fsp3) is 0.462. The van der Waals surface area contributed by atoms with E-state index < -0.39 is 5.97 Å². The second-order valence-corrected chi connectivity index (χ2v) is 4.14. The maximum atomic E-state index is 10.7. The third kappa shape index (κ3) is 3.35. The Morgan fingerprint density at radius 3 is 2.38 bits per heavy atom. The van der Waals surface area contributed by atoms with Crippen molar-refractivity contribution in [2.24, 2.45) is 0 Å². The zero-order valence-corrected chi connectivity index (χ0v) is 10.1. The van der Waals surface area contributed by atoms with Crippen LogP contribution in [0.15, 0.2) is 24.3 Å². The maximum absolute atomic E-state index is 10.7. The van der Waals surface area contributed by atoms with Crippen LogP contribution in [0.2, 0.25) is 0 Å². The minimum atomic E-state index is -0.784. The summed E-state index contributed by atoms with van der Waals surface area (Å²) in [7, 11) is 1.85. The van der Waals surface area contributed by atoms with Crippen LogP contribution in [0.5, 0.6) is 0 Å². The third-order valence-corrected chi connectivity index (χ3v) is 2.77. The van der Waals surface area contributed by atoms with Crippen LogP contribution in [0.1, 0.15) is 30.5 Å². The number of aryl methyl sites for hydroxylation is 1. The summed E-state index contributed by atoms with van der Waals surface area (Å²) < 4.78 is 0. The molecule has 1 aromatic rings. The monoisotopic (exact) mass is 221 g/mol. The van der Waals surface area contributed by atoms with E-state index in [2.05, 4.69) is 31.2 Å². The van der Waals surface area contributed by atoms with E-state index in [9.17, 15) is 4.79 Å². The Balaban J connectivity index is 2.81. The van der Waals surface area contributed by atoms with Gasteiger partial charge < -0.3 is 5.11 Å². The van der Waals surface area contributed by atoms with E-state index >= 15 is 0 Å². The smallest absolute Gasteiger partial charge is 0.317 e. The number of rotatable bonds is 5. The second kappa shape index (κ2) is 5.66. The molecule has 1 aromatic carbocycles. The van der Waals surface area contributed by atoms with Gasteiger partial charge in [0.1, 0.15) is 0 Å². The summed E-state index contributed by atoms with van der Waals surface area (Å²) in [4.78, 5) is 12.5. The second-order valence-electron chi connectivity index (χ2n) is 4.14. The number of carboxylic acid groups (broad SMARTS) is 1. The van der Waals surface area contributed by atoms with Gasteiger partial charge in [0, 0.05) is 6.04 Å². The summed E-state index contributed by atoms with van der Waals surface area (Å²) in [6.45, 7) is 4.20. The first-order valence-electron chi connectivity index (χ1n) is 5.53. The fourth-order valence-electron chi connectivity index (χ4n) is 1.91. The Bertz CT molecular complexity index is 345. The van der Waals surface area contributed by atoms with Gasteiger partial charge in [0.05, 0.1) is 6.54 Å². The van der Waals surface area contributed by atoms with Crippen LogP contribution < -0.4 is 0 Å². The first kappa shape index (κ1) is 12.7. The van der Waals surface area contributed by atoms with E-state index in [1.54, 1.807) is 0 Å². The molecule has 1 N–H and O–H groups in total. The molecule has 3 heteroatoms. The average Bonchev–Trinajstić information content (AvgIpc) is 2.21. The van der Waals surface area contributed by atoms with Crippen molar-refractivity contribution in [2.75, 3.05) is 13.6 Å². The zero-order valence-electron chi connectivity index (χ0n) is 10.1. The van der Waals surface area contributed by atoms with Gasteiger partial charge in [-0.2, -0.15) is 0 Å². The van der Waals surface area contributed by atoms with E-state index in [1.807, 2.05) is 18.9 Å². The van der Waals surface area contributed by atoms with Gasteiger partial charge in [0.25, 0.3) is 0 Å². The van der Waals surface area contributed by atoms with Crippen LogP contribution in [0, 0.1) is 6.92 Å². The largest absolute Gasteiger partial charge is 0.480 e. The summed E-state index contributed by atoms with van der Waals surface area (Å²) in [6, 6.07) is 8.44. The number of benzene rings is 1. The van der Waals surface area contributed by atoms with Crippen LogP contribution in [-0.2, 0) is 4.79 Å². The molecule has 0 aliphatic heterocycles. The molecule has 0 heterocycles. The molecule has 16 heavy (non-hydrogen) atoms. The van der Waals surface area contributed by atoms with Crippen LogP contribution in [-0.4, -0.2) is 29.6 Å². The van der Waals surface area contributed by atoms with Crippen LogP contribution in [0.25, 0.3) is 0 Å². The summed E-state index contributed by atoms with van der Waals surface area (Å²) in [6.07, 6.45) is 0.910. The Hall–Kier alpha value is -1.35. The van der Waals surface area contributed by atoms with Gasteiger partial charge in [0.2, 0.25) is 0 Å². The van der Waals surface area contributed by atoms with E-state index in [-0.39, 0.29) is 12.6 Å². The Labute approximate surface area is 96.7 Å². The molecule has 0 saturated heterocycles. The average molecular weight is 221 g/mol. The Morgan fingerprint density at radius 2 is 1.94 bits per heavy atom. The fourth-order valence-corrected chi connectivity index (χ4v) is 1.91. The molecule has 1 atom stereocenters. The molecule has 88 valence electrons. The molecule has 0 aliphatic rings. The predicted molar refractivity (Wildman–Crippen MR) is 64.5 cm³/mol. The molecule has 0 bridgehead atoms. The first-order valence-corrected chi connectivity index (χ1v) is 5.53. The number of aliphatic carboxylic acids is 1. The molecule has 0 aliphatic carbocycles. The maximum Gasteiger partial charge on any atom is 0.317 e. The van der Waals surface area contributed by atoms with Crippen molar-refractivity contribution in [1.29, 1.82) is 0 Å². The zero-order chi connectivity index (χ0) is 12.1. The molecule has 1 rings (SSSR count). The summed E-state index contributed by atoms with van der Waals surface area (Å²) in [5.41, 5.74) is 2.40. The Morgan fingerprint density at radius 1 is 1.38 bits per heavy atom. The molecule has 0 amide bonds. The highest BCUT2D eigenvalue weighted by Gasteiger charge is 2.16. The number of hydrogen-bond acceptors (Lipinski definition) is 2. The van der Waals surface area contributed by atoms with Crippen molar-refractivity contribution in [3.05, 3.63) is 35.4 Å². The van der Waals surface area contributed by atoms with Crippen molar-refractivity contribution in [2.45, 2.75) is 26.3 Å². The third-order valence-electron chi connectivity index (χ3n) is 2.77. The summed E-state index contributed by atoms with van der Waals surface area (Å²) in [5.74, 6) is -0.784. The molecule has 0 saturated carbocycles. The number of nitrogens with zero attached hydrogens (tertiary/aromatic N) is 1. The minimum absolute atomic E-state index is 0.0758. The van der Waals surface area contributed by atoms with Gasteiger partial charge in [-0.05, 0) is 26.0 Å². The first-order chi connectivity index (χ1) is 7.54. The molecule has 0 fully saturated rings. The number of carboxylic acids is 1. The van der Waals surface area contributed by atoms with E-state index in [0.29, 0.717) is 0 Å². The lowest BCUT2D eigenvalue weighted by molar-refractivity contribution is -0.138. The van der Waals surface area contributed by atoms with Gasteiger partial charge in [-0.1, -0.05) is 36.8 Å². The molecular formula is C13H19NO2. The summed E-state index contributed by atoms with van der Waals surface area (Å²) in [5, 5.41) is 8.78. The highest BCUT2D eigenvalue weighted by atomic mass is 16.4. The van der Waals surface area contributed by atoms with Gasteiger partial charge >= 0.3 is 5.97 Å². The molecule has 0 radical (unpaired) electrons. The highest BCUT2D eigenvalue weighted by Crippen LogP contribution is 2.22. The quantitative estimate of drug-likeness (QED) is 0.830. The van der Waals surface area contributed by atoms with Crippen LogP contribution >= 0.6 is 0 Å². The van der Waals surface area contributed by atoms with Crippen molar-refractivity contribution in [3.8, 4) is 0 Å². The minimum Gasteiger partial charge on any atom is -0.480 e. The van der Waals surface area contributed by atoms with E-state index in [4.69, 9.17) is 5.11 Å². The molecule has 0 aromatic heterocycles.